The van der Waals surface area contributed by atoms with Crippen LogP contribution in [-0.4, -0.2) is 14.5 Å². The fraction of sp³-hybridized carbons (Fsp3) is 0. The monoisotopic (exact) mass is 825 g/mol. The molecule has 0 unspecified atom stereocenters. The molecule has 0 aliphatic rings. The Hall–Kier alpha value is -5.45. The molecule has 0 N–H and O–H groups in total. The second-order valence-electron chi connectivity index (χ2n) is 11.2. The van der Waals surface area contributed by atoms with Crippen LogP contribution in [0.2, 0.25) is 0 Å². The molecule has 0 aliphatic heterocycles. The minimum Gasteiger partial charge on any atom is -0.332 e. The molecule has 1 radical (unpaired) electrons. The van der Waals surface area contributed by atoms with Crippen LogP contribution in [0.4, 0.5) is 0 Å². The first-order valence-electron chi connectivity index (χ1n) is 16.3. The standard InChI is InChI=1S/C33H21N2S.C11H8N.Ir/c1-3-12-23(13-4-1)25-17-11-18-26(24-14-5-2-6-15-24)32(25)35-30-20-9-8-19-29(30)34-33(35)28-22-36-31-21-10-7-16-27(28)31;1-2-6-10(7-3-1)11-8-4-5-9-12-11;/h1-21H;1-6,8-9H;/q2*-1;/i7D;;. The van der Waals surface area contributed by atoms with E-state index in [0.29, 0.717) is 6.04 Å². The molecule has 0 saturated heterocycles. The molecule has 3 aromatic heterocycles. The van der Waals surface area contributed by atoms with Crippen molar-refractivity contribution in [3.05, 3.63) is 187 Å². The Bertz CT molecular complexity index is 2400. The van der Waals surface area contributed by atoms with E-state index in [2.05, 4.69) is 106 Å². The molecule has 0 amide bonds. The Labute approximate surface area is 305 Å². The largest absolute Gasteiger partial charge is 0.332 e. The molecule has 0 spiro atoms. The maximum atomic E-state index is 8.26. The number of aromatic nitrogens is 3. The predicted octanol–water partition coefficient (Wildman–Crippen LogP) is 11.6. The van der Waals surface area contributed by atoms with Crippen molar-refractivity contribution < 1.29 is 21.5 Å². The maximum absolute atomic E-state index is 8.26. The summed E-state index contributed by atoms with van der Waals surface area (Å²) in [5, 5.41) is 4.53. The smallest absolute Gasteiger partial charge is 0.0774 e. The van der Waals surface area contributed by atoms with Gasteiger partial charge in [-0.1, -0.05) is 137 Å². The van der Waals surface area contributed by atoms with Crippen LogP contribution in [0.3, 0.4) is 0 Å². The van der Waals surface area contributed by atoms with Crippen LogP contribution in [0.25, 0.3) is 71.7 Å². The van der Waals surface area contributed by atoms with Crippen molar-refractivity contribution in [2.75, 3.05) is 0 Å². The molecule has 5 heteroatoms. The van der Waals surface area contributed by atoms with Gasteiger partial charge in [0.25, 0.3) is 0 Å². The van der Waals surface area contributed by atoms with Gasteiger partial charge < -0.3 is 9.55 Å². The zero-order valence-electron chi connectivity index (χ0n) is 27.2. The second-order valence-corrected chi connectivity index (χ2v) is 12.0. The van der Waals surface area contributed by atoms with Gasteiger partial charge in [0.1, 0.15) is 0 Å². The molecule has 0 atom stereocenters. The molecule has 9 aromatic rings. The van der Waals surface area contributed by atoms with Crippen LogP contribution in [0.5, 0.6) is 0 Å². The van der Waals surface area contributed by atoms with E-state index in [1.165, 1.54) is 0 Å². The molecule has 3 nitrogen and oxygen atoms in total. The molecular weight excluding hydrogens is 795 g/mol. The van der Waals surface area contributed by atoms with E-state index in [1.807, 2.05) is 78.9 Å². The number of nitrogens with zero attached hydrogens (tertiary/aromatic N) is 3. The number of pyridine rings is 1. The van der Waals surface area contributed by atoms with Crippen LogP contribution >= 0.6 is 11.3 Å². The van der Waals surface area contributed by atoms with E-state index in [-0.39, 0.29) is 20.1 Å². The molecule has 0 saturated carbocycles. The summed E-state index contributed by atoms with van der Waals surface area (Å²) in [6.45, 7) is 0. The Morgan fingerprint density at radius 3 is 2.02 bits per heavy atom. The molecule has 0 bridgehead atoms. The Morgan fingerprint density at radius 1 is 0.633 bits per heavy atom. The van der Waals surface area contributed by atoms with Crippen LogP contribution < -0.4 is 0 Å². The Kier molecular flexibility index (Phi) is 9.29. The first-order chi connectivity index (χ1) is 24.2. The number of benzene rings is 6. The zero-order valence-corrected chi connectivity index (χ0v) is 29.5. The third kappa shape index (κ3) is 6.52. The summed E-state index contributed by atoms with van der Waals surface area (Å²) < 4.78 is 11.6. The predicted molar refractivity (Wildman–Crippen MR) is 200 cm³/mol. The fourth-order valence-electron chi connectivity index (χ4n) is 6.01. The maximum Gasteiger partial charge on any atom is 0.0774 e. The van der Waals surface area contributed by atoms with Gasteiger partial charge in [-0.3, -0.25) is 16.3 Å². The molecule has 0 aliphatic carbocycles. The minimum atomic E-state index is 0. The topological polar surface area (TPSA) is 30.7 Å². The van der Waals surface area contributed by atoms with Crippen LogP contribution in [-0.2, 0) is 20.1 Å². The van der Waals surface area contributed by atoms with E-state index >= 15 is 0 Å². The van der Waals surface area contributed by atoms with Gasteiger partial charge in [-0.15, -0.1) is 47.3 Å². The number of para-hydroxylation sites is 3. The number of imidazole rings is 1. The third-order valence-corrected chi connectivity index (χ3v) is 9.10. The van der Waals surface area contributed by atoms with Gasteiger partial charge in [-0.2, -0.15) is 0 Å². The summed E-state index contributed by atoms with van der Waals surface area (Å²) in [5.74, 6) is 0.832. The van der Waals surface area contributed by atoms with E-state index in [9.17, 15) is 0 Å². The SMILES string of the molecule is [2H]c1ccc2s[c-]c(-c3nc4ccccc4n3-c3c(-c4ccccc4)cccc3-c3ccccc3)c2c1.[Ir].[c-]1ccccc1-c1ccccn1. The second kappa shape index (κ2) is 14.8. The molecule has 0 fully saturated rings. The normalized spacial score (nSPS) is 11.0. The van der Waals surface area contributed by atoms with Crippen molar-refractivity contribution >= 4 is 32.5 Å². The van der Waals surface area contributed by atoms with Crippen LogP contribution in [0, 0.1) is 11.4 Å². The van der Waals surface area contributed by atoms with Crippen molar-refractivity contribution in [2.45, 2.75) is 0 Å². The zero-order chi connectivity index (χ0) is 33.0. The van der Waals surface area contributed by atoms with Gasteiger partial charge in [0, 0.05) is 37.4 Å². The molecule has 9 rings (SSSR count). The molecule has 49 heavy (non-hydrogen) atoms. The average molecular weight is 825 g/mol. The van der Waals surface area contributed by atoms with Gasteiger partial charge in [-0.25, -0.2) is 0 Å². The van der Waals surface area contributed by atoms with E-state index in [1.54, 1.807) is 17.5 Å². The fourth-order valence-corrected chi connectivity index (χ4v) is 6.83. The average Bonchev–Trinajstić information content (AvgIpc) is 3.77. The van der Waals surface area contributed by atoms with Gasteiger partial charge >= 0.3 is 0 Å². The molecular formula is C44H29IrN3S-2. The third-order valence-electron chi connectivity index (χ3n) is 8.22. The van der Waals surface area contributed by atoms with Crippen molar-refractivity contribution in [3.8, 4) is 50.6 Å². The van der Waals surface area contributed by atoms with Gasteiger partial charge in [-0.05, 0) is 35.0 Å². The molecule has 3 heterocycles. The van der Waals surface area contributed by atoms with Crippen molar-refractivity contribution in [1.29, 1.82) is 0 Å². The summed E-state index contributed by atoms with van der Waals surface area (Å²) in [7, 11) is 0. The minimum absolute atomic E-state index is 0. The van der Waals surface area contributed by atoms with Crippen molar-refractivity contribution in [1.82, 2.24) is 14.5 Å². The number of rotatable bonds is 5. The van der Waals surface area contributed by atoms with Crippen LogP contribution in [0.1, 0.15) is 1.37 Å². The molecule has 237 valence electrons. The van der Waals surface area contributed by atoms with Crippen molar-refractivity contribution in [3.63, 3.8) is 0 Å². The van der Waals surface area contributed by atoms with Gasteiger partial charge in [0.15, 0.2) is 0 Å². The number of thiophene rings is 1. The number of hydrogen-bond acceptors (Lipinski definition) is 3. The van der Waals surface area contributed by atoms with Crippen LogP contribution in [0.15, 0.2) is 176 Å². The summed E-state index contributed by atoms with van der Waals surface area (Å²) in [4.78, 5) is 9.38. The molecule has 6 aromatic carbocycles. The van der Waals surface area contributed by atoms with Gasteiger partial charge in [0.05, 0.1) is 23.9 Å². The first-order valence-corrected chi connectivity index (χ1v) is 16.6. The number of fused-ring (bicyclic) bond motifs is 2. The number of hydrogen-bond donors (Lipinski definition) is 0. The van der Waals surface area contributed by atoms with E-state index in [0.717, 1.165) is 71.7 Å². The Morgan fingerprint density at radius 2 is 1.33 bits per heavy atom. The quantitative estimate of drug-likeness (QED) is 0.162. The van der Waals surface area contributed by atoms with Crippen molar-refractivity contribution in [2.24, 2.45) is 0 Å². The summed E-state index contributed by atoms with van der Waals surface area (Å²) in [6, 6.07) is 58.9. The summed E-state index contributed by atoms with van der Waals surface area (Å²) >= 11 is 1.57. The van der Waals surface area contributed by atoms with E-state index < -0.39 is 0 Å². The summed E-state index contributed by atoms with van der Waals surface area (Å²) in [6.07, 6.45) is 1.79. The van der Waals surface area contributed by atoms with E-state index in [4.69, 9.17) is 6.35 Å². The Balaban J connectivity index is 0.000000255. The summed E-state index contributed by atoms with van der Waals surface area (Å²) in [5.41, 5.74) is 10.5. The van der Waals surface area contributed by atoms with Gasteiger partial charge in [0.2, 0.25) is 0 Å². The first kappa shape index (κ1) is 30.9.